The minimum atomic E-state index is -3.57. The van der Waals surface area contributed by atoms with E-state index in [0.717, 1.165) is 41.2 Å². The first-order valence-electron chi connectivity index (χ1n) is 11.3. The van der Waals surface area contributed by atoms with Crippen LogP contribution >= 0.6 is 11.6 Å². The van der Waals surface area contributed by atoms with Gasteiger partial charge < -0.3 is 4.90 Å². The van der Waals surface area contributed by atoms with Gasteiger partial charge in [-0.05, 0) is 49.2 Å². The number of para-hydroxylation sites is 1. The van der Waals surface area contributed by atoms with Gasteiger partial charge in [0.05, 0.1) is 22.2 Å². The molecule has 8 nitrogen and oxygen atoms in total. The molecule has 3 heterocycles. The summed E-state index contributed by atoms with van der Waals surface area (Å²) >= 11 is 5.93. The maximum Gasteiger partial charge on any atom is 0.243 e. The summed E-state index contributed by atoms with van der Waals surface area (Å²) < 4.78 is 29.6. The third-order valence-electron chi connectivity index (χ3n) is 6.36. The number of fused-ring (bicyclic) bond motifs is 1. The molecule has 2 aromatic carbocycles. The van der Waals surface area contributed by atoms with Gasteiger partial charge in [-0.3, -0.25) is 0 Å². The van der Waals surface area contributed by atoms with Crippen molar-refractivity contribution in [3.8, 4) is 5.69 Å². The van der Waals surface area contributed by atoms with Crippen molar-refractivity contribution in [3.05, 3.63) is 71.6 Å². The number of sulfonamides is 1. The van der Waals surface area contributed by atoms with Crippen LogP contribution in [0.4, 0.5) is 5.82 Å². The maximum atomic E-state index is 13.1. The van der Waals surface area contributed by atoms with Crippen molar-refractivity contribution < 1.29 is 8.42 Å². The molecule has 6 rings (SSSR count). The Morgan fingerprint density at radius 1 is 0.882 bits per heavy atom. The lowest BCUT2D eigenvalue weighted by atomic mass is 10.2. The summed E-state index contributed by atoms with van der Waals surface area (Å²) in [6, 6.07) is 16.3. The van der Waals surface area contributed by atoms with Crippen LogP contribution in [0.2, 0.25) is 5.02 Å². The highest BCUT2D eigenvalue weighted by atomic mass is 35.5. The topological polar surface area (TPSA) is 84.2 Å². The monoisotopic (exact) mass is 494 g/mol. The van der Waals surface area contributed by atoms with E-state index in [1.165, 1.54) is 4.31 Å². The number of hydrogen-bond donors (Lipinski definition) is 0. The molecule has 1 saturated carbocycles. The zero-order chi connectivity index (χ0) is 23.3. The van der Waals surface area contributed by atoms with Crippen LogP contribution in [0.1, 0.15) is 24.6 Å². The Morgan fingerprint density at radius 2 is 1.59 bits per heavy atom. The summed E-state index contributed by atoms with van der Waals surface area (Å²) in [6.45, 7) is 1.84. The van der Waals surface area contributed by atoms with Crippen molar-refractivity contribution in [2.24, 2.45) is 0 Å². The molecule has 0 N–H and O–H groups in total. The quantitative estimate of drug-likeness (QED) is 0.419. The second-order valence-corrected chi connectivity index (χ2v) is 11.0. The van der Waals surface area contributed by atoms with Crippen LogP contribution in [-0.2, 0) is 10.0 Å². The van der Waals surface area contributed by atoms with E-state index in [0.29, 0.717) is 37.1 Å². The second kappa shape index (κ2) is 8.33. The van der Waals surface area contributed by atoms with Gasteiger partial charge in [-0.15, -0.1) is 0 Å². The first-order valence-corrected chi connectivity index (χ1v) is 13.1. The van der Waals surface area contributed by atoms with Gasteiger partial charge in [0.1, 0.15) is 11.6 Å². The average Bonchev–Trinajstić information content (AvgIpc) is 3.63. The Kier molecular flexibility index (Phi) is 5.28. The Labute approximate surface area is 202 Å². The molecule has 2 aromatic heterocycles. The van der Waals surface area contributed by atoms with E-state index in [2.05, 4.69) is 10.00 Å². The smallest absolute Gasteiger partial charge is 0.243 e. The molecule has 10 heteroatoms. The number of benzene rings is 2. The Morgan fingerprint density at radius 3 is 2.26 bits per heavy atom. The second-order valence-electron chi connectivity index (χ2n) is 8.65. The van der Waals surface area contributed by atoms with Crippen LogP contribution in [0.25, 0.3) is 16.7 Å². The van der Waals surface area contributed by atoms with Crippen molar-refractivity contribution in [1.29, 1.82) is 0 Å². The molecule has 1 aliphatic heterocycles. The largest absolute Gasteiger partial charge is 0.353 e. The van der Waals surface area contributed by atoms with Gasteiger partial charge in [0.15, 0.2) is 5.65 Å². The van der Waals surface area contributed by atoms with Crippen LogP contribution in [0.3, 0.4) is 0 Å². The summed E-state index contributed by atoms with van der Waals surface area (Å²) in [6.07, 6.45) is 4.00. The SMILES string of the molecule is O=S(=O)(c1ccc(Cl)cc1)N1CCN(c2nc(C3CC3)nc3c2cnn3-c2ccccc2)CC1. The highest BCUT2D eigenvalue weighted by Gasteiger charge is 2.32. The summed E-state index contributed by atoms with van der Waals surface area (Å²) in [4.78, 5) is 12.2. The maximum absolute atomic E-state index is 13.1. The molecule has 2 fully saturated rings. The molecule has 0 atom stereocenters. The third kappa shape index (κ3) is 3.83. The number of halogens is 1. The molecule has 0 spiro atoms. The number of aromatic nitrogens is 4. The van der Waals surface area contributed by atoms with Gasteiger partial charge in [0.25, 0.3) is 0 Å². The lowest BCUT2D eigenvalue weighted by Crippen LogP contribution is -2.49. The molecule has 1 saturated heterocycles. The van der Waals surface area contributed by atoms with Crippen LogP contribution in [0, 0.1) is 0 Å². The molecule has 0 unspecified atom stereocenters. The lowest BCUT2D eigenvalue weighted by Gasteiger charge is -2.35. The molecule has 0 bridgehead atoms. The van der Waals surface area contributed by atoms with Crippen LogP contribution < -0.4 is 4.90 Å². The zero-order valence-corrected chi connectivity index (χ0v) is 20.0. The van der Waals surface area contributed by atoms with Crippen molar-refractivity contribution in [3.63, 3.8) is 0 Å². The number of hydrogen-bond acceptors (Lipinski definition) is 6. The highest BCUT2D eigenvalue weighted by molar-refractivity contribution is 7.89. The standard InChI is InChI=1S/C24H23ClN6O2S/c25-18-8-10-20(11-9-18)34(32,33)30-14-12-29(13-15-30)23-21-16-26-31(19-4-2-1-3-5-19)24(21)28-22(27-23)17-6-7-17/h1-5,8-11,16-17H,6-7,12-15H2. The van der Waals surface area contributed by atoms with Gasteiger partial charge in [-0.25, -0.2) is 23.1 Å². The van der Waals surface area contributed by atoms with E-state index >= 15 is 0 Å². The fourth-order valence-corrected chi connectivity index (χ4v) is 5.88. The van der Waals surface area contributed by atoms with Gasteiger partial charge >= 0.3 is 0 Å². The summed E-state index contributed by atoms with van der Waals surface area (Å²) in [7, 11) is -3.57. The summed E-state index contributed by atoms with van der Waals surface area (Å²) in [5.41, 5.74) is 1.73. The van der Waals surface area contributed by atoms with Crippen LogP contribution in [-0.4, -0.2) is 58.7 Å². The van der Waals surface area contributed by atoms with E-state index < -0.39 is 10.0 Å². The Balaban J connectivity index is 1.31. The van der Waals surface area contributed by atoms with E-state index in [9.17, 15) is 8.42 Å². The van der Waals surface area contributed by atoms with Crippen molar-refractivity contribution >= 4 is 38.5 Å². The predicted molar refractivity (Wildman–Crippen MR) is 131 cm³/mol. The van der Waals surface area contributed by atoms with Crippen molar-refractivity contribution in [1.82, 2.24) is 24.1 Å². The average molecular weight is 495 g/mol. The van der Waals surface area contributed by atoms with E-state index in [1.54, 1.807) is 24.3 Å². The van der Waals surface area contributed by atoms with Gasteiger partial charge in [0, 0.05) is 37.1 Å². The zero-order valence-electron chi connectivity index (χ0n) is 18.4. The number of piperazine rings is 1. The molecular weight excluding hydrogens is 472 g/mol. The normalized spacial score (nSPS) is 17.4. The minimum Gasteiger partial charge on any atom is -0.353 e. The van der Waals surface area contributed by atoms with E-state index in [4.69, 9.17) is 21.6 Å². The molecule has 174 valence electrons. The number of nitrogens with zero attached hydrogens (tertiary/aromatic N) is 6. The highest BCUT2D eigenvalue weighted by Crippen LogP contribution is 2.40. The summed E-state index contributed by atoms with van der Waals surface area (Å²) in [5, 5.41) is 6.00. The van der Waals surface area contributed by atoms with Crippen molar-refractivity contribution in [2.45, 2.75) is 23.7 Å². The lowest BCUT2D eigenvalue weighted by molar-refractivity contribution is 0.384. The fraction of sp³-hybridized carbons (Fsp3) is 0.292. The fourth-order valence-electron chi connectivity index (χ4n) is 4.33. The predicted octanol–water partition coefficient (Wildman–Crippen LogP) is 3.86. The number of rotatable bonds is 5. The minimum absolute atomic E-state index is 0.259. The van der Waals surface area contributed by atoms with E-state index in [-0.39, 0.29) is 4.90 Å². The van der Waals surface area contributed by atoms with Gasteiger partial charge in [-0.2, -0.15) is 9.40 Å². The van der Waals surface area contributed by atoms with Gasteiger partial charge in [-0.1, -0.05) is 29.8 Å². The third-order valence-corrected chi connectivity index (χ3v) is 8.52. The molecule has 2 aliphatic rings. The summed E-state index contributed by atoms with van der Waals surface area (Å²) in [5.74, 6) is 2.06. The van der Waals surface area contributed by atoms with Gasteiger partial charge in [0.2, 0.25) is 10.0 Å². The van der Waals surface area contributed by atoms with Crippen LogP contribution in [0.5, 0.6) is 0 Å². The molecule has 0 amide bonds. The molecular formula is C24H23ClN6O2S. The Hall–Kier alpha value is -3.01. The van der Waals surface area contributed by atoms with Crippen LogP contribution in [0.15, 0.2) is 65.7 Å². The molecule has 1 aliphatic carbocycles. The van der Waals surface area contributed by atoms with Crippen molar-refractivity contribution in [2.75, 3.05) is 31.1 Å². The Bertz CT molecular complexity index is 1440. The number of anilines is 1. The van der Waals surface area contributed by atoms with E-state index in [1.807, 2.05) is 41.2 Å². The molecule has 0 radical (unpaired) electrons. The first-order chi connectivity index (χ1) is 16.5. The molecule has 34 heavy (non-hydrogen) atoms. The molecule has 4 aromatic rings. The first kappa shape index (κ1) is 21.5.